The third kappa shape index (κ3) is 6.46. The molecule has 0 aliphatic heterocycles. The SMILES string of the molecule is CC/C=C(/c1cc(C)c(O[Si](C)(C)C(C)(C)C)c(OC)c1)P(=O)(OCC)Oc1cnccn1. The number of aryl methyl sites for hydroxylation is 1. The Morgan fingerprint density at radius 3 is 2.39 bits per heavy atom. The number of aromatic nitrogens is 2. The van der Waals surface area contributed by atoms with Crippen LogP contribution in [0.2, 0.25) is 18.1 Å². The van der Waals surface area contributed by atoms with Gasteiger partial charge in [0.15, 0.2) is 5.75 Å². The Balaban J connectivity index is 2.59. The first-order valence-electron chi connectivity index (χ1n) is 11.2. The minimum Gasteiger partial charge on any atom is -0.541 e. The van der Waals surface area contributed by atoms with Gasteiger partial charge in [0.1, 0.15) is 5.75 Å². The maximum absolute atomic E-state index is 14.0. The molecule has 182 valence electrons. The van der Waals surface area contributed by atoms with Crippen molar-refractivity contribution in [2.75, 3.05) is 13.7 Å². The Morgan fingerprint density at radius 1 is 1.18 bits per heavy atom. The topological polar surface area (TPSA) is 79.8 Å². The summed E-state index contributed by atoms with van der Waals surface area (Å²) in [6.07, 6.45) is 6.91. The molecule has 2 aromatic rings. The van der Waals surface area contributed by atoms with Crippen molar-refractivity contribution >= 4 is 21.2 Å². The first kappa shape index (κ1) is 27.1. The third-order valence-corrected chi connectivity index (χ3v) is 12.0. The number of benzene rings is 1. The van der Waals surface area contributed by atoms with Crippen LogP contribution in [0.4, 0.5) is 0 Å². The second-order valence-electron chi connectivity index (χ2n) is 9.23. The molecule has 1 aromatic heterocycles. The monoisotopic (exact) mass is 492 g/mol. The molecule has 7 nitrogen and oxygen atoms in total. The Hall–Kier alpha value is -2.15. The molecule has 0 spiro atoms. The van der Waals surface area contributed by atoms with Crippen LogP contribution in [0.1, 0.15) is 52.2 Å². The largest absolute Gasteiger partial charge is 0.541 e. The van der Waals surface area contributed by atoms with Crippen LogP contribution in [0.3, 0.4) is 0 Å². The first-order chi connectivity index (χ1) is 15.4. The van der Waals surface area contributed by atoms with Crippen LogP contribution >= 0.6 is 7.60 Å². The average molecular weight is 493 g/mol. The molecule has 9 heteroatoms. The second kappa shape index (κ2) is 10.8. The molecule has 0 saturated carbocycles. The maximum Gasteiger partial charge on any atom is 0.412 e. The van der Waals surface area contributed by atoms with Crippen molar-refractivity contribution in [2.24, 2.45) is 0 Å². The number of methoxy groups -OCH3 is 1. The molecule has 2 rings (SSSR count). The lowest BCUT2D eigenvalue weighted by Crippen LogP contribution is -2.44. The fourth-order valence-electron chi connectivity index (χ4n) is 2.93. The molecule has 0 amide bonds. The molecule has 0 N–H and O–H groups in total. The van der Waals surface area contributed by atoms with Gasteiger partial charge in [-0.25, -0.2) is 9.55 Å². The normalized spacial score (nSPS) is 14.5. The van der Waals surface area contributed by atoms with Crippen molar-refractivity contribution in [3.8, 4) is 17.4 Å². The summed E-state index contributed by atoms with van der Waals surface area (Å²) >= 11 is 0. The van der Waals surface area contributed by atoms with Gasteiger partial charge in [0, 0.05) is 12.4 Å². The van der Waals surface area contributed by atoms with Crippen molar-refractivity contribution in [1.82, 2.24) is 9.97 Å². The molecule has 1 heterocycles. The predicted octanol–water partition coefficient (Wildman–Crippen LogP) is 7.24. The lowest BCUT2D eigenvalue weighted by Gasteiger charge is -2.37. The molecule has 0 radical (unpaired) electrons. The van der Waals surface area contributed by atoms with Gasteiger partial charge in [-0.1, -0.05) is 33.8 Å². The van der Waals surface area contributed by atoms with Crippen LogP contribution in [0.25, 0.3) is 5.31 Å². The van der Waals surface area contributed by atoms with Gasteiger partial charge in [-0.3, -0.25) is 9.51 Å². The highest BCUT2D eigenvalue weighted by molar-refractivity contribution is 7.65. The molecule has 0 fully saturated rings. The smallest absolute Gasteiger partial charge is 0.412 e. The Labute approximate surface area is 199 Å². The molecule has 1 atom stereocenters. The van der Waals surface area contributed by atoms with Crippen molar-refractivity contribution in [3.05, 3.63) is 47.9 Å². The molecular weight excluding hydrogens is 455 g/mol. The van der Waals surface area contributed by atoms with Gasteiger partial charge in [-0.15, -0.1) is 0 Å². The molecule has 1 aromatic carbocycles. The number of rotatable bonds is 10. The zero-order valence-electron chi connectivity index (χ0n) is 21.3. The molecule has 0 aliphatic rings. The van der Waals surface area contributed by atoms with E-state index in [0.717, 1.165) is 5.56 Å². The van der Waals surface area contributed by atoms with E-state index < -0.39 is 15.9 Å². The maximum atomic E-state index is 14.0. The summed E-state index contributed by atoms with van der Waals surface area (Å²) in [7, 11) is -4.24. The van der Waals surface area contributed by atoms with Crippen LogP contribution in [-0.2, 0) is 9.09 Å². The molecular formula is C24H37N2O5PSi. The first-order valence-corrected chi connectivity index (χ1v) is 15.6. The van der Waals surface area contributed by atoms with Gasteiger partial charge in [-0.05, 0) is 61.7 Å². The molecule has 0 saturated heterocycles. The van der Waals surface area contributed by atoms with E-state index in [0.29, 0.717) is 28.8 Å². The fourth-order valence-corrected chi connectivity index (χ4v) is 5.83. The fraction of sp³-hybridized carbons (Fsp3) is 0.500. The number of hydrogen-bond acceptors (Lipinski definition) is 7. The molecule has 0 aliphatic carbocycles. The van der Waals surface area contributed by atoms with E-state index in [4.69, 9.17) is 18.2 Å². The Kier molecular flexibility index (Phi) is 8.91. The lowest BCUT2D eigenvalue weighted by atomic mass is 10.1. The summed E-state index contributed by atoms with van der Waals surface area (Å²) in [5, 5.41) is 0.490. The summed E-state index contributed by atoms with van der Waals surface area (Å²) < 4.78 is 37.8. The highest BCUT2D eigenvalue weighted by Crippen LogP contribution is 2.60. The van der Waals surface area contributed by atoms with E-state index in [1.54, 1.807) is 14.0 Å². The number of allylic oxidation sites excluding steroid dienone is 1. The van der Waals surface area contributed by atoms with Crippen LogP contribution in [0.15, 0.2) is 36.8 Å². The second-order valence-corrected chi connectivity index (χ2v) is 15.9. The number of nitrogens with zero attached hydrogens (tertiary/aromatic N) is 2. The van der Waals surface area contributed by atoms with Gasteiger partial charge in [0.2, 0.25) is 5.88 Å². The zero-order chi connectivity index (χ0) is 24.9. The quantitative estimate of drug-likeness (QED) is 0.255. The van der Waals surface area contributed by atoms with Crippen molar-refractivity contribution in [3.63, 3.8) is 0 Å². The molecule has 33 heavy (non-hydrogen) atoms. The average Bonchev–Trinajstić information content (AvgIpc) is 2.73. The van der Waals surface area contributed by atoms with E-state index in [-0.39, 0.29) is 17.5 Å². The summed E-state index contributed by atoms with van der Waals surface area (Å²) in [4.78, 5) is 8.10. The highest BCUT2D eigenvalue weighted by atomic mass is 31.2. The standard InChI is InChI=1S/C24H37N2O5PSi/c1-10-12-21(32(27,29-11-2)30-22-17-25-13-14-26-22)19-15-18(3)23(20(16-19)28-7)31-33(8,9)24(4,5)6/h12-17H,10-11H2,1-9H3/b21-12-. The van der Waals surface area contributed by atoms with E-state index in [2.05, 4.69) is 43.8 Å². The summed E-state index contributed by atoms with van der Waals surface area (Å²) in [5.41, 5.74) is 1.58. The van der Waals surface area contributed by atoms with E-state index in [9.17, 15) is 4.57 Å². The van der Waals surface area contributed by atoms with Crippen LogP contribution in [0, 0.1) is 6.92 Å². The van der Waals surface area contributed by atoms with Gasteiger partial charge in [-0.2, -0.15) is 0 Å². The summed E-state index contributed by atoms with van der Waals surface area (Å²) in [6, 6.07) is 3.78. The highest BCUT2D eigenvalue weighted by Gasteiger charge is 2.40. The summed E-state index contributed by atoms with van der Waals surface area (Å²) in [5.74, 6) is 1.43. The van der Waals surface area contributed by atoms with Crippen molar-refractivity contribution in [1.29, 1.82) is 0 Å². The minimum absolute atomic E-state index is 0.0334. The predicted molar refractivity (Wildman–Crippen MR) is 136 cm³/mol. The van der Waals surface area contributed by atoms with Gasteiger partial charge < -0.3 is 13.7 Å². The number of ether oxygens (including phenoxy) is 1. The van der Waals surface area contributed by atoms with Crippen LogP contribution in [-0.4, -0.2) is 32.0 Å². The van der Waals surface area contributed by atoms with E-state index in [1.165, 1.54) is 18.6 Å². The molecule has 1 unspecified atom stereocenters. The van der Waals surface area contributed by atoms with E-state index in [1.807, 2.05) is 32.1 Å². The molecule has 0 bridgehead atoms. The van der Waals surface area contributed by atoms with Crippen molar-refractivity contribution in [2.45, 2.75) is 66.1 Å². The lowest BCUT2D eigenvalue weighted by molar-refractivity contribution is 0.287. The zero-order valence-corrected chi connectivity index (χ0v) is 23.2. The van der Waals surface area contributed by atoms with Crippen molar-refractivity contribution < 1.29 is 22.8 Å². The third-order valence-electron chi connectivity index (χ3n) is 5.66. The Morgan fingerprint density at radius 2 is 1.88 bits per heavy atom. The van der Waals surface area contributed by atoms with Gasteiger partial charge in [0.05, 0.1) is 25.2 Å². The van der Waals surface area contributed by atoms with Gasteiger partial charge in [0.25, 0.3) is 8.32 Å². The number of hydrogen-bond donors (Lipinski definition) is 0. The summed E-state index contributed by atoms with van der Waals surface area (Å²) in [6.45, 7) is 16.9. The minimum atomic E-state index is -3.75. The van der Waals surface area contributed by atoms with Gasteiger partial charge >= 0.3 is 7.60 Å². The van der Waals surface area contributed by atoms with Crippen LogP contribution in [0.5, 0.6) is 17.4 Å². The van der Waals surface area contributed by atoms with E-state index >= 15 is 0 Å². The van der Waals surface area contributed by atoms with Crippen LogP contribution < -0.4 is 13.7 Å². The Bertz CT molecular complexity index is 1020.